The van der Waals surface area contributed by atoms with E-state index >= 15 is 0 Å². The van der Waals surface area contributed by atoms with Gasteiger partial charge < -0.3 is 5.32 Å². The molecular weight excluding hydrogens is 649 g/mol. The average molecular weight is 689 g/mol. The topological polar surface area (TPSA) is 24.4 Å². The lowest BCUT2D eigenvalue weighted by molar-refractivity contribution is 0.353. The van der Waals surface area contributed by atoms with Crippen LogP contribution in [0.4, 0.5) is 5.00 Å². The molecule has 11 rings (SSSR count). The lowest BCUT2D eigenvalue weighted by atomic mass is 9.67. The van der Waals surface area contributed by atoms with Crippen molar-refractivity contribution in [2.24, 2.45) is 4.99 Å². The molecule has 52 heavy (non-hydrogen) atoms. The summed E-state index contributed by atoms with van der Waals surface area (Å²) in [5, 5.41) is 6.29. The minimum absolute atomic E-state index is 0.0379. The van der Waals surface area contributed by atoms with Crippen molar-refractivity contribution in [2.45, 2.75) is 62.8 Å². The van der Waals surface area contributed by atoms with Crippen molar-refractivity contribution in [1.82, 2.24) is 0 Å². The Hall–Kier alpha value is -5.25. The normalized spacial score (nSPS) is 18.6. The molecule has 252 valence electrons. The summed E-state index contributed by atoms with van der Waals surface area (Å²) in [7, 11) is 0. The molecule has 1 N–H and O–H groups in total. The number of thiophene rings is 1. The lowest BCUT2D eigenvalue weighted by Crippen LogP contribution is -2.28. The van der Waals surface area contributed by atoms with Gasteiger partial charge in [0.15, 0.2) is 0 Å². The van der Waals surface area contributed by atoms with E-state index in [9.17, 15) is 0 Å². The number of nitrogens with one attached hydrogen (secondary N) is 1. The first-order valence-corrected chi connectivity index (χ1v) is 19.8. The van der Waals surface area contributed by atoms with Crippen LogP contribution >= 0.6 is 11.3 Å². The number of aliphatic imine (C=N–C) groups is 1. The Morgan fingerprint density at radius 3 is 2.19 bits per heavy atom. The fourth-order valence-electron chi connectivity index (χ4n) is 10.3. The van der Waals surface area contributed by atoms with Crippen LogP contribution in [-0.2, 0) is 10.8 Å². The summed E-state index contributed by atoms with van der Waals surface area (Å²) in [6.45, 7) is 4.82. The smallest absolute Gasteiger partial charge is 0.134 e. The van der Waals surface area contributed by atoms with Crippen LogP contribution < -0.4 is 5.32 Å². The molecule has 1 unspecified atom stereocenters. The second-order valence-electron chi connectivity index (χ2n) is 15.8. The highest BCUT2D eigenvalue weighted by atomic mass is 32.1. The molecule has 3 heteroatoms. The van der Waals surface area contributed by atoms with Crippen molar-refractivity contribution < 1.29 is 0 Å². The summed E-state index contributed by atoms with van der Waals surface area (Å²) >= 11 is 1.83. The number of nitrogens with zero attached hydrogens (tertiary/aromatic N) is 1. The molecule has 4 aliphatic rings. The zero-order valence-electron chi connectivity index (χ0n) is 29.7. The molecule has 1 aliphatic heterocycles. The van der Waals surface area contributed by atoms with E-state index in [2.05, 4.69) is 153 Å². The summed E-state index contributed by atoms with van der Waals surface area (Å²) in [6.07, 6.45) is 6.34. The van der Waals surface area contributed by atoms with E-state index < -0.39 is 0 Å². The van der Waals surface area contributed by atoms with Gasteiger partial charge in [0.1, 0.15) is 16.9 Å². The molecule has 0 amide bonds. The minimum atomic E-state index is -0.0687. The van der Waals surface area contributed by atoms with E-state index in [0.29, 0.717) is 0 Å². The lowest BCUT2D eigenvalue weighted by Gasteiger charge is -2.36. The van der Waals surface area contributed by atoms with Gasteiger partial charge in [0.25, 0.3) is 0 Å². The molecule has 6 aromatic carbocycles. The van der Waals surface area contributed by atoms with Crippen molar-refractivity contribution in [3.05, 3.63) is 172 Å². The Morgan fingerprint density at radius 1 is 0.596 bits per heavy atom. The molecule has 0 saturated heterocycles. The molecular formula is C49H40N2S. The predicted molar refractivity (Wildman–Crippen MR) is 219 cm³/mol. The van der Waals surface area contributed by atoms with Gasteiger partial charge in [-0.25, -0.2) is 0 Å². The van der Waals surface area contributed by atoms with Gasteiger partial charge in [0, 0.05) is 32.0 Å². The summed E-state index contributed by atoms with van der Waals surface area (Å²) < 4.78 is 1.29. The highest BCUT2D eigenvalue weighted by Gasteiger charge is 2.47. The molecule has 2 heterocycles. The van der Waals surface area contributed by atoms with Crippen LogP contribution in [0.15, 0.2) is 138 Å². The third-order valence-corrected chi connectivity index (χ3v) is 13.9. The van der Waals surface area contributed by atoms with Crippen molar-refractivity contribution in [3.8, 4) is 33.4 Å². The zero-order valence-corrected chi connectivity index (χ0v) is 30.5. The monoisotopic (exact) mass is 688 g/mol. The summed E-state index contributed by atoms with van der Waals surface area (Å²) in [5.74, 6) is 0.934. The highest BCUT2D eigenvalue weighted by Crippen LogP contribution is 2.61. The molecule has 2 nitrogen and oxygen atoms in total. The fourth-order valence-corrected chi connectivity index (χ4v) is 11.4. The quantitative estimate of drug-likeness (QED) is 0.196. The van der Waals surface area contributed by atoms with Gasteiger partial charge in [0.2, 0.25) is 0 Å². The Morgan fingerprint density at radius 2 is 1.31 bits per heavy atom. The van der Waals surface area contributed by atoms with Gasteiger partial charge in [-0.05, 0) is 98.3 Å². The molecule has 1 aromatic heterocycles. The molecule has 0 bridgehead atoms. The molecule has 1 saturated carbocycles. The van der Waals surface area contributed by atoms with Gasteiger partial charge in [-0.15, -0.1) is 11.3 Å². The maximum atomic E-state index is 5.48. The number of rotatable bonds is 3. The van der Waals surface area contributed by atoms with Crippen molar-refractivity contribution in [1.29, 1.82) is 0 Å². The maximum Gasteiger partial charge on any atom is 0.134 e. The maximum absolute atomic E-state index is 5.48. The van der Waals surface area contributed by atoms with Gasteiger partial charge in [-0.1, -0.05) is 142 Å². The Labute approximate surface area is 309 Å². The van der Waals surface area contributed by atoms with E-state index in [-0.39, 0.29) is 16.9 Å². The van der Waals surface area contributed by atoms with Crippen LogP contribution in [0.3, 0.4) is 0 Å². The molecule has 1 fully saturated rings. The number of hydrogen-bond donors (Lipinski definition) is 1. The van der Waals surface area contributed by atoms with Crippen LogP contribution in [0, 0.1) is 0 Å². The van der Waals surface area contributed by atoms with E-state index in [4.69, 9.17) is 4.99 Å². The first-order chi connectivity index (χ1) is 25.5. The van der Waals surface area contributed by atoms with E-state index in [0.717, 1.165) is 11.4 Å². The number of hydrogen-bond acceptors (Lipinski definition) is 3. The minimum Gasteiger partial charge on any atom is -0.331 e. The SMILES string of the molecule is CC1(C)c2ccccc2-c2cc3c(cc21)-c1c(-c2cccc(C4=NC(c5ccccc5)c5c(sc6ccccc56)N4)c2)cccc1C31CCCCC1. The third kappa shape index (κ3) is 4.20. The number of fused-ring (bicyclic) bond motifs is 11. The van der Waals surface area contributed by atoms with Crippen LogP contribution in [-0.4, -0.2) is 5.84 Å². The van der Waals surface area contributed by atoms with Gasteiger partial charge >= 0.3 is 0 Å². The van der Waals surface area contributed by atoms with E-state index in [1.165, 1.54) is 108 Å². The van der Waals surface area contributed by atoms with Gasteiger partial charge in [-0.2, -0.15) is 0 Å². The Balaban J connectivity index is 1.08. The van der Waals surface area contributed by atoms with Crippen LogP contribution in [0.2, 0.25) is 0 Å². The summed E-state index contributed by atoms with van der Waals surface area (Å²) in [6, 6.07) is 50.0. The Bertz CT molecular complexity index is 2620. The first-order valence-electron chi connectivity index (χ1n) is 19.0. The van der Waals surface area contributed by atoms with Crippen molar-refractivity contribution >= 4 is 32.3 Å². The van der Waals surface area contributed by atoms with Crippen LogP contribution in [0.5, 0.6) is 0 Å². The standard InChI is InChI=1S/C49H40N2S/c1-48(2)38-22-9-7-19-34(38)36-28-41-37(29-40(36)48)43-33(21-14-23-39(43)49(41)25-11-4-12-26-49)31-17-13-18-32(27-31)46-50-45(30-15-5-3-6-16-30)44-35-20-8-10-24-42(35)52-47(44)51-46/h3,5-10,13-24,27-29,45H,4,11-12,25-26H2,1-2H3,(H,50,51). The first kappa shape index (κ1) is 30.4. The molecule has 7 aromatic rings. The molecule has 3 aliphatic carbocycles. The van der Waals surface area contributed by atoms with E-state index in [1.807, 2.05) is 11.3 Å². The van der Waals surface area contributed by atoms with Crippen molar-refractivity contribution in [2.75, 3.05) is 5.32 Å². The number of benzene rings is 6. The fraction of sp³-hybridized carbons (Fsp3) is 0.204. The number of amidine groups is 1. The molecule has 1 spiro atoms. The zero-order chi connectivity index (χ0) is 34.6. The summed E-state index contributed by atoms with van der Waals surface area (Å²) in [4.78, 5) is 5.48. The molecule has 1 atom stereocenters. The summed E-state index contributed by atoms with van der Waals surface area (Å²) in [5.41, 5.74) is 18.0. The Kier molecular flexibility index (Phi) is 6.50. The molecule has 0 radical (unpaired) electrons. The van der Waals surface area contributed by atoms with Crippen LogP contribution in [0.1, 0.15) is 90.9 Å². The van der Waals surface area contributed by atoms with Gasteiger partial charge in [0.05, 0.1) is 0 Å². The second-order valence-corrected chi connectivity index (χ2v) is 16.9. The van der Waals surface area contributed by atoms with Crippen molar-refractivity contribution in [3.63, 3.8) is 0 Å². The average Bonchev–Trinajstić information content (AvgIpc) is 3.78. The van der Waals surface area contributed by atoms with Gasteiger partial charge in [-0.3, -0.25) is 4.99 Å². The largest absolute Gasteiger partial charge is 0.331 e. The second kappa shape index (κ2) is 11.1. The predicted octanol–water partition coefficient (Wildman–Crippen LogP) is 13.1. The van der Waals surface area contributed by atoms with E-state index in [1.54, 1.807) is 5.56 Å². The third-order valence-electron chi connectivity index (χ3n) is 12.8. The highest BCUT2D eigenvalue weighted by molar-refractivity contribution is 7.23. The number of anilines is 1. The van der Waals surface area contributed by atoms with Crippen LogP contribution in [0.25, 0.3) is 43.5 Å².